The van der Waals surface area contributed by atoms with Gasteiger partial charge in [-0.1, -0.05) is 29.3 Å². The van der Waals surface area contributed by atoms with Gasteiger partial charge < -0.3 is 14.5 Å². The van der Waals surface area contributed by atoms with Gasteiger partial charge in [0.15, 0.2) is 6.04 Å². The molecule has 29 heavy (non-hydrogen) atoms. The summed E-state index contributed by atoms with van der Waals surface area (Å²) in [4.78, 5) is 30.3. The third-order valence-corrected chi connectivity index (χ3v) is 6.36. The molecule has 2 aliphatic heterocycles. The number of halogens is 2. The molecule has 6 nitrogen and oxygen atoms in total. The zero-order chi connectivity index (χ0) is 20.5. The number of amides is 2. The highest BCUT2D eigenvalue weighted by atomic mass is 35.5. The Labute approximate surface area is 179 Å². The second-order valence-corrected chi connectivity index (χ2v) is 8.08. The summed E-state index contributed by atoms with van der Waals surface area (Å²) in [5.74, 6) is 0.322. The summed E-state index contributed by atoms with van der Waals surface area (Å²) in [6.45, 7) is 3.11. The lowest BCUT2D eigenvalue weighted by atomic mass is 10.1. The zero-order valence-corrected chi connectivity index (χ0v) is 17.5. The lowest BCUT2D eigenvalue weighted by Crippen LogP contribution is -3.19. The number of quaternary nitrogens is 1. The molecule has 2 saturated heterocycles. The zero-order valence-electron chi connectivity index (χ0n) is 16.0. The van der Waals surface area contributed by atoms with Crippen LogP contribution in [0, 0.1) is 0 Å². The Balaban J connectivity index is 1.44. The number of hydrogen-bond acceptors (Lipinski definition) is 4. The summed E-state index contributed by atoms with van der Waals surface area (Å²) in [6.07, 6.45) is 0.234. The maximum absolute atomic E-state index is 13.0. The van der Waals surface area contributed by atoms with Crippen molar-refractivity contribution in [2.24, 2.45) is 0 Å². The summed E-state index contributed by atoms with van der Waals surface area (Å²) >= 11 is 12.1. The average Bonchev–Trinajstić information content (AvgIpc) is 3.04. The number of carbonyl (C=O) groups is 2. The molecule has 2 fully saturated rings. The largest absolute Gasteiger partial charge is 0.497 e. The van der Waals surface area contributed by atoms with Gasteiger partial charge in [0.25, 0.3) is 5.91 Å². The molecule has 0 bridgehead atoms. The lowest BCUT2D eigenvalue weighted by Gasteiger charge is -2.35. The number of ether oxygens (including phenoxy) is 1. The molecule has 0 spiro atoms. The molecule has 0 saturated carbocycles. The van der Waals surface area contributed by atoms with Crippen LogP contribution in [-0.4, -0.2) is 51.1 Å². The first kappa shape index (κ1) is 20.0. The molecule has 1 atom stereocenters. The van der Waals surface area contributed by atoms with Crippen LogP contribution < -0.4 is 19.4 Å². The van der Waals surface area contributed by atoms with Gasteiger partial charge in [0.1, 0.15) is 5.75 Å². The van der Waals surface area contributed by atoms with E-state index in [1.54, 1.807) is 37.4 Å². The number of methoxy groups -OCH3 is 1. The van der Waals surface area contributed by atoms with E-state index in [0.29, 0.717) is 21.5 Å². The maximum atomic E-state index is 13.0. The first-order chi connectivity index (χ1) is 14.0. The summed E-state index contributed by atoms with van der Waals surface area (Å²) in [5.41, 5.74) is 1.58. The van der Waals surface area contributed by atoms with Crippen molar-refractivity contribution in [1.29, 1.82) is 0 Å². The fraction of sp³-hybridized carbons (Fsp3) is 0.333. The van der Waals surface area contributed by atoms with Gasteiger partial charge in [0.05, 0.1) is 55.4 Å². The number of nitrogens with zero attached hydrogens (tertiary/aromatic N) is 2. The molecule has 152 valence electrons. The fourth-order valence-electron chi connectivity index (χ4n) is 4.05. The van der Waals surface area contributed by atoms with Crippen molar-refractivity contribution in [3.63, 3.8) is 0 Å². The van der Waals surface area contributed by atoms with Crippen LogP contribution in [0.1, 0.15) is 6.42 Å². The van der Waals surface area contributed by atoms with E-state index in [0.717, 1.165) is 36.8 Å². The summed E-state index contributed by atoms with van der Waals surface area (Å²) < 4.78 is 5.22. The summed E-state index contributed by atoms with van der Waals surface area (Å²) in [5, 5.41) is 1.07. The van der Waals surface area contributed by atoms with Crippen LogP contribution in [0.15, 0.2) is 42.5 Å². The molecule has 2 amide bonds. The van der Waals surface area contributed by atoms with E-state index in [-0.39, 0.29) is 24.3 Å². The minimum atomic E-state index is -0.343. The first-order valence-corrected chi connectivity index (χ1v) is 10.3. The van der Waals surface area contributed by atoms with E-state index in [2.05, 4.69) is 4.90 Å². The van der Waals surface area contributed by atoms with Gasteiger partial charge in [0.2, 0.25) is 5.91 Å². The molecule has 2 aromatic rings. The van der Waals surface area contributed by atoms with Gasteiger partial charge in [-0.05, 0) is 30.3 Å². The monoisotopic (exact) mass is 434 g/mol. The molecule has 2 heterocycles. The van der Waals surface area contributed by atoms with E-state index in [1.807, 2.05) is 12.1 Å². The van der Waals surface area contributed by atoms with Crippen molar-refractivity contribution >= 4 is 46.4 Å². The Bertz CT molecular complexity index is 945. The van der Waals surface area contributed by atoms with Crippen LogP contribution in [0.25, 0.3) is 0 Å². The van der Waals surface area contributed by atoms with Crippen molar-refractivity contribution in [2.75, 3.05) is 43.1 Å². The van der Waals surface area contributed by atoms with E-state index in [4.69, 9.17) is 27.9 Å². The average molecular weight is 435 g/mol. The van der Waals surface area contributed by atoms with Gasteiger partial charge in [-0.3, -0.25) is 9.59 Å². The van der Waals surface area contributed by atoms with E-state index in [1.165, 1.54) is 4.90 Å². The van der Waals surface area contributed by atoms with Gasteiger partial charge in [-0.2, -0.15) is 0 Å². The van der Waals surface area contributed by atoms with Crippen LogP contribution in [0.3, 0.4) is 0 Å². The summed E-state index contributed by atoms with van der Waals surface area (Å²) in [6, 6.07) is 12.3. The van der Waals surface area contributed by atoms with Gasteiger partial charge >= 0.3 is 0 Å². The molecule has 4 rings (SSSR count). The highest BCUT2D eigenvalue weighted by Gasteiger charge is 2.46. The van der Waals surface area contributed by atoms with Crippen molar-refractivity contribution in [1.82, 2.24) is 0 Å². The predicted molar refractivity (Wildman–Crippen MR) is 113 cm³/mol. The standard InChI is InChI=1S/C21H21Cl2N3O3/c1-29-16-4-2-3-15(11-16)26-20(27)13-19(21(26)28)25-9-7-24(8-10-25)14-5-6-17(22)18(23)12-14/h2-6,11-12,19H,7-10,13H2,1H3/p+1/t19-/m1/s1. The third-order valence-electron chi connectivity index (χ3n) is 5.62. The highest BCUT2D eigenvalue weighted by Crippen LogP contribution is 2.28. The van der Waals surface area contributed by atoms with E-state index < -0.39 is 0 Å². The van der Waals surface area contributed by atoms with Crippen molar-refractivity contribution in [2.45, 2.75) is 12.5 Å². The molecule has 1 N–H and O–H groups in total. The smallest absolute Gasteiger partial charge is 0.292 e. The van der Waals surface area contributed by atoms with Crippen LogP contribution in [0.4, 0.5) is 11.4 Å². The molecule has 2 aromatic carbocycles. The normalized spacial score (nSPS) is 20.4. The van der Waals surface area contributed by atoms with Crippen molar-refractivity contribution in [3.8, 4) is 5.75 Å². The fourth-order valence-corrected chi connectivity index (χ4v) is 4.35. The number of piperazine rings is 1. The van der Waals surface area contributed by atoms with Crippen LogP contribution in [0.2, 0.25) is 10.0 Å². The first-order valence-electron chi connectivity index (χ1n) is 9.53. The molecule has 2 aliphatic rings. The van der Waals surface area contributed by atoms with Crippen LogP contribution in [0.5, 0.6) is 5.75 Å². The predicted octanol–water partition coefficient (Wildman–Crippen LogP) is 2.04. The minimum absolute atomic E-state index is 0.138. The third kappa shape index (κ3) is 3.92. The topological polar surface area (TPSA) is 54.3 Å². The second kappa shape index (κ2) is 8.22. The van der Waals surface area contributed by atoms with Crippen LogP contribution >= 0.6 is 23.2 Å². The second-order valence-electron chi connectivity index (χ2n) is 7.27. The van der Waals surface area contributed by atoms with E-state index >= 15 is 0 Å². The number of hydrogen-bond donors (Lipinski definition) is 1. The molecular formula is C21H22Cl2N3O3+. The maximum Gasteiger partial charge on any atom is 0.292 e. The number of rotatable bonds is 4. The molecule has 8 heteroatoms. The Hall–Kier alpha value is -2.28. The van der Waals surface area contributed by atoms with E-state index in [9.17, 15) is 9.59 Å². The number of imide groups is 1. The molecule has 0 radical (unpaired) electrons. The molecule has 0 aromatic heterocycles. The number of benzene rings is 2. The number of nitrogens with one attached hydrogen (secondary N) is 1. The highest BCUT2D eigenvalue weighted by molar-refractivity contribution is 6.42. The molecular weight excluding hydrogens is 413 g/mol. The van der Waals surface area contributed by atoms with Gasteiger partial charge in [-0.25, -0.2) is 4.90 Å². The van der Waals surface area contributed by atoms with Crippen LogP contribution in [-0.2, 0) is 9.59 Å². The number of carbonyl (C=O) groups excluding carboxylic acids is 2. The lowest BCUT2D eigenvalue weighted by molar-refractivity contribution is -0.915. The summed E-state index contributed by atoms with van der Waals surface area (Å²) in [7, 11) is 1.56. The Morgan fingerprint density at radius 1 is 1.00 bits per heavy atom. The van der Waals surface area contributed by atoms with Gasteiger partial charge in [0, 0.05) is 11.8 Å². The molecule has 0 aliphatic carbocycles. The van der Waals surface area contributed by atoms with Crippen molar-refractivity contribution in [3.05, 3.63) is 52.5 Å². The SMILES string of the molecule is COc1cccc(N2C(=O)C[C@@H]([NH+]3CCN(c4ccc(Cl)c(Cl)c4)CC3)C2=O)c1. The minimum Gasteiger partial charge on any atom is -0.497 e. The Morgan fingerprint density at radius 3 is 2.45 bits per heavy atom. The number of anilines is 2. The quantitative estimate of drug-likeness (QED) is 0.748. The van der Waals surface area contributed by atoms with Gasteiger partial charge in [-0.15, -0.1) is 0 Å². The molecule has 0 unspecified atom stereocenters. The van der Waals surface area contributed by atoms with Crippen molar-refractivity contribution < 1.29 is 19.2 Å². The Morgan fingerprint density at radius 2 is 1.76 bits per heavy atom. The Kier molecular flexibility index (Phi) is 5.67.